The van der Waals surface area contributed by atoms with Gasteiger partial charge in [0.25, 0.3) is 0 Å². The first-order chi connectivity index (χ1) is 14.6. The molecule has 3 aromatic carbocycles. The maximum Gasteiger partial charge on any atom is 0.173 e. The minimum Gasteiger partial charge on any atom is -0.457 e. The van der Waals surface area contributed by atoms with E-state index in [1.807, 2.05) is 60.7 Å². The van der Waals surface area contributed by atoms with Crippen LogP contribution in [-0.2, 0) is 6.54 Å². The fourth-order valence-corrected chi connectivity index (χ4v) is 3.75. The second kappa shape index (κ2) is 9.01. The molecule has 0 unspecified atom stereocenters. The lowest BCUT2D eigenvalue weighted by molar-refractivity contribution is 0.349. The second-order valence-corrected chi connectivity index (χ2v) is 7.84. The molecule has 0 spiro atoms. The van der Waals surface area contributed by atoms with E-state index in [1.165, 1.54) is 10.9 Å². The molecule has 1 heterocycles. The predicted molar refractivity (Wildman–Crippen MR) is 128 cm³/mol. The third-order valence-electron chi connectivity index (χ3n) is 4.98. The van der Waals surface area contributed by atoms with Crippen molar-refractivity contribution in [3.63, 3.8) is 0 Å². The normalized spacial score (nSPS) is 10.9. The topological polar surface area (TPSA) is 40.3 Å². The van der Waals surface area contributed by atoms with Crippen LogP contribution in [0.5, 0.6) is 11.5 Å². The number of anilines is 1. The summed E-state index contributed by atoms with van der Waals surface area (Å²) >= 11 is 5.74. The van der Waals surface area contributed by atoms with Crippen molar-refractivity contribution in [2.24, 2.45) is 0 Å². The summed E-state index contributed by atoms with van der Waals surface area (Å²) in [4.78, 5) is 5.54. The molecule has 0 aliphatic heterocycles. The summed E-state index contributed by atoms with van der Waals surface area (Å²) in [6, 6.07) is 26.2. The molecule has 2 N–H and O–H groups in total. The minimum absolute atomic E-state index is 0.263. The molecule has 0 aliphatic carbocycles. The number of para-hydroxylation sites is 2. The van der Waals surface area contributed by atoms with Crippen LogP contribution in [0.25, 0.3) is 10.9 Å². The van der Waals surface area contributed by atoms with Gasteiger partial charge in [0, 0.05) is 35.4 Å². The standard InChI is InChI=1S/C25H25N3OS/c1-18(2)28(17-19-16-26-24-11-7-6-10-23(19)24)25(30)27-20-12-14-22(15-13-20)29-21-8-4-3-5-9-21/h3-16,18,26H,17H2,1-2H3,(H,27,30). The molecule has 0 radical (unpaired) electrons. The van der Waals surface area contributed by atoms with Crippen molar-refractivity contribution in [1.29, 1.82) is 0 Å². The third-order valence-corrected chi connectivity index (χ3v) is 5.32. The van der Waals surface area contributed by atoms with E-state index in [9.17, 15) is 0 Å². The summed E-state index contributed by atoms with van der Waals surface area (Å²) in [7, 11) is 0. The van der Waals surface area contributed by atoms with E-state index < -0.39 is 0 Å². The predicted octanol–water partition coefficient (Wildman–Crippen LogP) is 6.57. The highest BCUT2D eigenvalue weighted by atomic mass is 32.1. The lowest BCUT2D eigenvalue weighted by Gasteiger charge is -2.29. The number of nitrogens with zero attached hydrogens (tertiary/aromatic N) is 1. The van der Waals surface area contributed by atoms with Gasteiger partial charge in [0.05, 0.1) is 0 Å². The number of hydrogen-bond donors (Lipinski definition) is 2. The Morgan fingerprint density at radius 3 is 2.33 bits per heavy atom. The van der Waals surface area contributed by atoms with Crippen molar-refractivity contribution < 1.29 is 4.74 Å². The number of aromatic amines is 1. The van der Waals surface area contributed by atoms with Crippen molar-refractivity contribution >= 4 is 33.9 Å². The highest BCUT2D eigenvalue weighted by Gasteiger charge is 2.16. The molecule has 0 saturated carbocycles. The molecule has 1 aromatic heterocycles. The number of aromatic nitrogens is 1. The number of ether oxygens (including phenoxy) is 1. The molecule has 0 atom stereocenters. The van der Waals surface area contributed by atoms with Crippen molar-refractivity contribution in [2.75, 3.05) is 5.32 Å². The average Bonchev–Trinajstić information content (AvgIpc) is 3.17. The van der Waals surface area contributed by atoms with Crippen LogP contribution in [0, 0.1) is 0 Å². The summed E-state index contributed by atoms with van der Waals surface area (Å²) < 4.78 is 5.86. The van der Waals surface area contributed by atoms with Crippen LogP contribution in [0.15, 0.2) is 85.1 Å². The van der Waals surface area contributed by atoms with E-state index in [2.05, 4.69) is 53.4 Å². The zero-order valence-electron chi connectivity index (χ0n) is 17.1. The zero-order chi connectivity index (χ0) is 20.9. The number of fused-ring (bicyclic) bond motifs is 1. The fraction of sp³-hybridized carbons (Fsp3) is 0.160. The van der Waals surface area contributed by atoms with Gasteiger partial charge in [0.15, 0.2) is 5.11 Å². The molecule has 0 bridgehead atoms. The van der Waals surface area contributed by atoms with Crippen molar-refractivity contribution in [2.45, 2.75) is 26.4 Å². The fourth-order valence-electron chi connectivity index (χ4n) is 3.36. The maximum absolute atomic E-state index is 5.86. The van der Waals surface area contributed by atoms with E-state index in [0.717, 1.165) is 29.2 Å². The average molecular weight is 416 g/mol. The van der Waals surface area contributed by atoms with Crippen LogP contribution in [0.3, 0.4) is 0 Å². The van der Waals surface area contributed by atoms with E-state index in [0.29, 0.717) is 5.11 Å². The van der Waals surface area contributed by atoms with Gasteiger partial charge in [0.1, 0.15) is 11.5 Å². The molecular formula is C25H25N3OS. The van der Waals surface area contributed by atoms with Crippen LogP contribution < -0.4 is 10.1 Å². The summed E-state index contributed by atoms with van der Waals surface area (Å²) in [5.41, 5.74) is 3.31. The highest BCUT2D eigenvalue weighted by Crippen LogP contribution is 2.24. The summed E-state index contributed by atoms with van der Waals surface area (Å²) in [5, 5.41) is 5.30. The number of H-pyrrole nitrogens is 1. The molecule has 4 nitrogen and oxygen atoms in total. The molecule has 0 saturated heterocycles. The number of nitrogens with one attached hydrogen (secondary N) is 2. The van der Waals surface area contributed by atoms with Gasteiger partial charge in [-0.15, -0.1) is 0 Å². The van der Waals surface area contributed by atoms with Crippen LogP contribution in [0.1, 0.15) is 19.4 Å². The number of hydrogen-bond acceptors (Lipinski definition) is 2. The molecule has 4 rings (SSSR count). The summed E-state index contributed by atoms with van der Waals surface area (Å²) in [5.74, 6) is 1.61. The van der Waals surface area contributed by atoms with Gasteiger partial charge in [-0.3, -0.25) is 0 Å². The van der Waals surface area contributed by atoms with Crippen LogP contribution in [0.4, 0.5) is 5.69 Å². The van der Waals surface area contributed by atoms with Gasteiger partial charge in [-0.1, -0.05) is 36.4 Å². The summed E-state index contributed by atoms with van der Waals surface area (Å²) in [6.45, 7) is 5.04. The van der Waals surface area contributed by atoms with E-state index >= 15 is 0 Å². The lowest BCUT2D eigenvalue weighted by Crippen LogP contribution is -2.39. The molecule has 0 aliphatic rings. The molecule has 0 fully saturated rings. The van der Waals surface area contributed by atoms with Gasteiger partial charge in [0.2, 0.25) is 0 Å². The first-order valence-electron chi connectivity index (χ1n) is 10.1. The Kier molecular flexibility index (Phi) is 6.00. The number of benzene rings is 3. The molecule has 30 heavy (non-hydrogen) atoms. The molecular weight excluding hydrogens is 390 g/mol. The molecule has 4 aromatic rings. The van der Waals surface area contributed by atoms with Gasteiger partial charge in [-0.2, -0.15) is 0 Å². The Morgan fingerprint density at radius 2 is 1.60 bits per heavy atom. The molecule has 5 heteroatoms. The third kappa shape index (κ3) is 4.63. The second-order valence-electron chi connectivity index (χ2n) is 7.45. The lowest BCUT2D eigenvalue weighted by atomic mass is 10.1. The van der Waals surface area contributed by atoms with Crippen molar-refractivity contribution in [1.82, 2.24) is 9.88 Å². The van der Waals surface area contributed by atoms with Gasteiger partial charge >= 0.3 is 0 Å². The monoisotopic (exact) mass is 415 g/mol. The van der Waals surface area contributed by atoms with Crippen molar-refractivity contribution in [3.05, 3.63) is 90.6 Å². The highest BCUT2D eigenvalue weighted by molar-refractivity contribution is 7.80. The molecule has 0 amide bonds. The quantitative estimate of drug-likeness (QED) is 0.350. The van der Waals surface area contributed by atoms with Crippen LogP contribution in [0.2, 0.25) is 0 Å². The van der Waals surface area contributed by atoms with Crippen molar-refractivity contribution in [3.8, 4) is 11.5 Å². The summed E-state index contributed by atoms with van der Waals surface area (Å²) in [6.07, 6.45) is 2.07. The van der Waals surface area contributed by atoms with Gasteiger partial charge in [-0.25, -0.2) is 0 Å². The van der Waals surface area contributed by atoms with Gasteiger partial charge < -0.3 is 19.9 Å². The zero-order valence-corrected chi connectivity index (χ0v) is 17.9. The SMILES string of the molecule is CC(C)N(Cc1c[nH]c2ccccc12)C(=S)Nc1ccc(Oc2ccccc2)cc1. The van der Waals surface area contributed by atoms with E-state index in [-0.39, 0.29) is 6.04 Å². The van der Waals surface area contributed by atoms with E-state index in [1.54, 1.807) is 0 Å². The number of thiocarbonyl (C=S) groups is 1. The van der Waals surface area contributed by atoms with Crippen LogP contribution >= 0.6 is 12.2 Å². The Bertz CT molecular complexity index is 1120. The Labute approximate surface area is 182 Å². The molecule has 152 valence electrons. The first kappa shape index (κ1) is 20.0. The van der Waals surface area contributed by atoms with E-state index in [4.69, 9.17) is 17.0 Å². The first-order valence-corrected chi connectivity index (χ1v) is 10.5. The minimum atomic E-state index is 0.263. The smallest absolute Gasteiger partial charge is 0.173 e. The Hall–Kier alpha value is -3.31. The maximum atomic E-state index is 5.86. The van der Waals surface area contributed by atoms with Gasteiger partial charge in [-0.05, 0) is 74.1 Å². The number of rotatable bonds is 6. The Balaban J connectivity index is 1.44. The largest absolute Gasteiger partial charge is 0.457 e. The van der Waals surface area contributed by atoms with Crippen LogP contribution in [-0.4, -0.2) is 21.0 Å². The Morgan fingerprint density at radius 1 is 0.933 bits per heavy atom.